The van der Waals surface area contributed by atoms with Crippen LogP contribution in [0.2, 0.25) is 0 Å². The smallest absolute Gasteiger partial charge is 0.123 e. The fourth-order valence-corrected chi connectivity index (χ4v) is 2.30. The van der Waals surface area contributed by atoms with Crippen LogP contribution in [-0.4, -0.2) is 24.8 Å². The van der Waals surface area contributed by atoms with Crippen LogP contribution in [0.25, 0.3) is 0 Å². The van der Waals surface area contributed by atoms with Crippen LogP contribution < -0.4 is 5.32 Å². The zero-order valence-corrected chi connectivity index (χ0v) is 12.3. The van der Waals surface area contributed by atoms with E-state index in [2.05, 4.69) is 19.2 Å². The van der Waals surface area contributed by atoms with Gasteiger partial charge in [0.2, 0.25) is 0 Å². The second kappa shape index (κ2) is 7.61. The largest absolute Gasteiger partial charge is 0.396 e. The van der Waals surface area contributed by atoms with Gasteiger partial charge in [0, 0.05) is 18.6 Å². The second-order valence-corrected chi connectivity index (χ2v) is 5.36. The minimum absolute atomic E-state index is 0.00214. The number of aryl methyl sites for hydroxylation is 1. The normalized spacial score (nSPS) is 11.8. The number of hydrogen-bond acceptors (Lipinski definition) is 2. The van der Waals surface area contributed by atoms with Crippen LogP contribution in [0.1, 0.15) is 37.8 Å². The van der Waals surface area contributed by atoms with Gasteiger partial charge in [0.15, 0.2) is 0 Å². The first kappa shape index (κ1) is 16.1. The number of hydrogen-bond donors (Lipinski definition) is 2. The monoisotopic (exact) mass is 267 g/mol. The second-order valence-electron chi connectivity index (χ2n) is 5.36. The van der Waals surface area contributed by atoms with Gasteiger partial charge in [-0.15, -0.1) is 0 Å². The molecule has 3 heteroatoms. The molecule has 0 spiro atoms. The van der Waals surface area contributed by atoms with E-state index in [1.54, 1.807) is 6.07 Å². The van der Waals surface area contributed by atoms with Crippen molar-refractivity contribution < 1.29 is 9.50 Å². The Hall–Kier alpha value is -0.930. The number of halogens is 1. The van der Waals surface area contributed by atoms with Gasteiger partial charge in [-0.25, -0.2) is 4.39 Å². The highest BCUT2D eigenvalue weighted by Gasteiger charge is 2.24. The van der Waals surface area contributed by atoms with E-state index in [-0.39, 0.29) is 17.8 Å². The third kappa shape index (κ3) is 4.59. The van der Waals surface area contributed by atoms with Crippen molar-refractivity contribution in [2.75, 3.05) is 19.7 Å². The Kier molecular flexibility index (Phi) is 6.46. The maximum atomic E-state index is 13.0. The lowest BCUT2D eigenvalue weighted by Gasteiger charge is -2.29. The molecule has 0 atom stereocenters. The molecule has 0 bridgehead atoms. The first-order valence-corrected chi connectivity index (χ1v) is 7.13. The molecule has 0 heterocycles. The van der Waals surface area contributed by atoms with Crippen molar-refractivity contribution in [1.82, 2.24) is 5.32 Å². The molecule has 0 aliphatic rings. The summed E-state index contributed by atoms with van der Waals surface area (Å²) in [5.41, 5.74) is 2.18. The van der Waals surface area contributed by atoms with Crippen molar-refractivity contribution in [2.24, 2.45) is 5.41 Å². The van der Waals surface area contributed by atoms with E-state index in [1.165, 1.54) is 11.6 Å². The maximum absolute atomic E-state index is 13.0. The standard InChI is InChI=1S/C16H26FNO/c1-4-16(5-2,12-19)11-18-9-8-14-6-7-15(17)10-13(14)3/h6-7,10,18-19H,4-5,8-9,11-12H2,1-3H3. The molecule has 0 unspecified atom stereocenters. The Morgan fingerprint density at radius 2 is 1.95 bits per heavy atom. The highest BCUT2D eigenvalue weighted by Crippen LogP contribution is 2.24. The van der Waals surface area contributed by atoms with Crippen molar-refractivity contribution in [3.05, 3.63) is 35.1 Å². The maximum Gasteiger partial charge on any atom is 0.123 e. The topological polar surface area (TPSA) is 32.3 Å². The van der Waals surface area contributed by atoms with E-state index in [9.17, 15) is 9.50 Å². The minimum atomic E-state index is -0.175. The Morgan fingerprint density at radius 3 is 2.47 bits per heavy atom. The van der Waals surface area contributed by atoms with E-state index in [4.69, 9.17) is 0 Å². The molecule has 1 rings (SSSR count). The van der Waals surface area contributed by atoms with Gasteiger partial charge in [-0.05, 0) is 56.0 Å². The lowest BCUT2D eigenvalue weighted by Crippen LogP contribution is -2.37. The van der Waals surface area contributed by atoms with Gasteiger partial charge in [0.05, 0.1) is 0 Å². The summed E-state index contributed by atoms with van der Waals surface area (Å²) in [4.78, 5) is 0. The van der Waals surface area contributed by atoms with E-state index < -0.39 is 0 Å². The predicted octanol–water partition coefficient (Wildman–Crippen LogP) is 3.06. The van der Waals surface area contributed by atoms with Crippen LogP contribution in [0.5, 0.6) is 0 Å². The molecule has 1 aromatic rings. The van der Waals surface area contributed by atoms with Crippen LogP contribution in [-0.2, 0) is 6.42 Å². The zero-order chi connectivity index (χ0) is 14.3. The third-order valence-corrected chi connectivity index (χ3v) is 4.21. The van der Waals surface area contributed by atoms with E-state index in [1.807, 2.05) is 13.0 Å². The molecular weight excluding hydrogens is 241 g/mol. The quantitative estimate of drug-likeness (QED) is 0.710. The van der Waals surface area contributed by atoms with Gasteiger partial charge >= 0.3 is 0 Å². The lowest BCUT2D eigenvalue weighted by molar-refractivity contribution is 0.113. The Bertz CT molecular complexity index is 380. The number of aliphatic hydroxyl groups excluding tert-OH is 1. The molecule has 2 nitrogen and oxygen atoms in total. The van der Waals surface area contributed by atoms with Gasteiger partial charge in [-0.1, -0.05) is 19.9 Å². The lowest BCUT2D eigenvalue weighted by atomic mass is 9.83. The third-order valence-electron chi connectivity index (χ3n) is 4.21. The Labute approximate surface area is 116 Å². The molecular formula is C16H26FNO. The minimum Gasteiger partial charge on any atom is -0.396 e. The van der Waals surface area contributed by atoms with Crippen LogP contribution in [0.3, 0.4) is 0 Å². The number of aliphatic hydroxyl groups is 1. The number of rotatable bonds is 8. The van der Waals surface area contributed by atoms with Gasteiger partial charge in [0.25, 0.3) is 0 Å². The molecule has 0 aliphatic heterocycles. The van der Waals surface area contributed by atoms with E-state index in [0.29, 0.717) is 0 Å². The number of benzene rings is 1. The molecule has 0 saturated heterocycles. The number of nitrogens with one attached hydrogen (secondary N) is 1. The van der Waals surface area contributed by atoms with Gasteiger partial charge in [0.1, 0.15) is 5.82 Å². The molecule has 108 valence electrons. The van der Waals surface area contributed by atoms with Gasteiger partial charge in [-0.3, -0.25) is 0 Å². The molecule has 0 radical (unpaired) electrons. The van der Waals surface area contributed by atoms with Crippen LogP contribution in [0, 0.1) is 18.2 Å². The Balaban J connectivity index is 2.42. The summed E-state index contributed by atoms with van der Waals surface area (Å²) in [5, 5.41) is 12.9. The molecule has 0 amide bonds. The summed E-state index contributed by atoms with van der Waals surface area (Å²) in [6, 6.07) is 4.94. The fraction of sp³-hybridized carbons (Fsp3) is 0.625. The van der Waals surface area contributed by atoms with Crippen LogP contribution in [0.4, 0.5) is 4.39 Å². The van der Waals surface area contributed by atoms with Gasteiger partial charge in [-0.2, -0.15) is 0 Å². The molecule has 1 aromatic carbocycles. The van der Waals surface area contributed by atoms with Crippen LogP contribution >= 0.6 is 0 Å². The summed E-state index contributed by atoms with van der Waals surface area (Å²) in [5.74, 6) is -0.175. The molecule has 0 aromatic heterocycles. The first-order chi connectivity index (χ1) is 9.06. The first-order valence-electron chi connectivity index (χ1n) is 7.13. The zero-order valence-electron chi connectivity index (χ0n) is 12.3. The highest BCUT2D eigenvalue weighted by molar-refractivity contribution is 5.26. The average molecular weight is 267 g/mol. The van der Waals surface area contributed by atoms with E-state index in [0.717, 1.165) is 37.9 Å². The van der Waals surface area contributed by atoms with E-state index >= 15 is 0 Å². The summed E-state index contributed by atoms with van der Waals surface area (Å²) in [6.45, 7) is 8.08. The summed E-state index contributed by atoms with van der Waals surface area (Å²) in [7, 11) is 0. The predicted molar refractivity (Wildman–Crippen MR) is 77.8 cm³/mol. The van der Waals surface area contributed by atoms with Gasteiger partial charge < -0.3 is 10.4 Å². The van der Waals surface area contributed by atoms with Crippen molar-refractivity contribution >= 4 is 0 Å². The molecule has 2 N–H and O–H groups in total. The van der Waals surface area contributed by atoms with Crippen molar-refractivity contribution in [3.63, 3.8) is 0 Å². The summed E-state index contributed by atoms with van der Waals surface area (Å²) in [6.07, 6.45) is 2.84. The summed E-state index contributed by atoms with van der Waals surface area (Å²) < 4.78 is 13.0. The van der Waals surface area contributed by atoms with Crippen LogP contribution in [0.15, 0.2) is 18.2 Å². The van der Waals surface area contributed by atoms with Crippen molar-refractivity contribution in [1.29, 1.82) is 0 Å². The summed E-state index contributed by atoms with van der Waals surface area (Å²) >= 11 is 0. The molecule has 0 aliphatic carbocycles. The molecule has 0 saturated carbocycles. The fourth-order valence-electron chi connectivity index (χ4n) is 2.30. The highest BCUT2D eigenvalue weighted by atomic mass is 19.1. The van der Waals surface area contributed by atoms with Crippen molar-refractivity contribution in [3.8, 4) is 0 Å². The SMILES string of the molecule is CCC(CC)(CO)CNCCc1ccc(F)cc1C. The van der Waals surface area contributed by atoms with Crippen molar-refractivity contribution in [2.45, 2.75) is 40.0 Å². The Morgan fingerprint density at radius 1 is 1.26 bits per heavy atom. The molecule has 19 heavy (non-hydrogen) atoms. The molecule has 0 fully saturated rings. The average Bonchev–Trinajstić information content (AvgIpc) is 2.42.